The Hall–Kier alpha value is -2.50. The van der Waals surface area contributed by atoms with Gasteiger partial charge in [0.25, 0.3) is 5.91 Å². The summed E-state index contributed by atoms with van der Waals surface area (Å²) in [6, 6.07) is 7.37. The molecule has 0 radical (unpaired) electrons. The molecule has 1 amide bonds. The monoisotopic (exact) mass is 330 g/mol. The molecule has 0 fully saturated rings. The highest BCUT2D eigenvalue weighted by Gasteiger charge is 2.09. The quantitative estimate of drug-likeness (QED) is 0.656. The molecule has 0 aliphatic rings. The van der Waals surface area contributed by atoms with E-state index in [1.54, 1.807) is 18.2 Å². The summed E-state index contributed by atoms with van der Waals surface area (Å²) in [6.07, 6.45) is 6.79. The second kappa shape index (κ2) is 8.96. The summed E-state index contributed by atoms with van der Waals surface area (Å²) in [6.45, 7) is 5.75. The lowest BCUT2D eigenvalue weighted by molar-refractivity contribution is 0.0996. The van der Waals surface area contributed by atoms with E-state index in [0.717, 1.165) is 31.5 Å². The number of hydrogen-bond acceptors (Lipinski definition) is 4. The molecule has 0 aliphatic heterocycles. The Bertz CT molecular complexity index is 654. The smallest absolute Gasteiger partial charge is 0.252 e. The number of benzene rings is 1. The third-order valence-corrected chi connectivity index (χ3v) is 3.69. The Morgan fingerprint density at radius 1 is 1.42 bits per heavy atom. The molecule has 0 saturated heterocycles. The zero-order valence-corrected chi connectivity index (χ0v) is 14.4. The Morgan fingerprint density at radius 2 is 2.21 bits per heavy atom. The van der Waals surface area contributed by atoms with E-state index in [2.05, 4.69) is 24.3 Å². The standard InChI is InChI=1S/C18H26N4O2/c1-3-10-22-13-15(12-20-22)21-14(2)7-6-11-24-17-9-5-4-8-16(17)18(19)23/h4-5,8-9,12-14,21H,3,6-7,10-11H2,1-2H3,(H2,19,23). The van der Waals surface area contributed by atoms with Gasteiger partial charge in [-0.15, -0.1) is 0 Å². The van der Waals surface area contributed by atoms with Gasteiger partial charge in [-0.25, -0.2) is 0 Å². The first-order valence-corrected chi connectivity index (χ1v) is 8.40. The summed E-state index contributed by atoms with van der Waals surface area (Å²) in [4.78, 5) is 11.3. The molecule has 2 aromatic rings. The normalized spacial score (nSPS) is 11.9. The molecule has 3 N–H and O–H groups in total. The van der Waals surface area contributed by atoms with Crippen LogP contribution in [0.3, 0.4) is 0 Å². The van der Waals surface area contributed by atoms with Crippen molar-refractivity contribution in [1.29, 1.82) is 0 Å². The maximum atomic E-state index is 11.3. The van der Waals surface area contributed by atoms with Gasteiger partial charge >= 0.3 is 0 Å². The van der Waals surface area contributed by atoms with Crippen molar-refractivity contribution >= 4 is 11.6 Å². The number of ether oxygens (including phenoxy) is 1. The zero-order chi connectivity index (χ0) is 17.4. The minimum absolute atomic E-state index is 0.319. The summed E-state index contributed by atoms with van der Waals surface area (Å²) >= 11 is 0. The van der Waals surface area contributed by atoms with Crippen molar-refractivity contribution in [3.8, 4) is 5.75 Å². The number of nitrogens with two attached hydrogens (primary N) is 1. The first-order chi connectivity index (χ1) is 11.6. The van der Waals surface area contributed by atoms with E-state index in [9.17, 15) is 4.79 Å². The Kier molecular flexibility index (Phi) is 6.66. The molecule has 6 nitrogen and oxygen atoms in total. The predicted octanol–water partition coefficient (Wildman–Crippen LogP) is 3.05. The molecule has 1 aromatic carbocycles. The van der Waals surface area contributed by atoms with Crippen LogP contribution in [0.4, 0.5) is 5.69 Å². The SMILES string of the molecule is CCCn1cc(NC(C)CCCOc2ccccc2C(N)=O)cn1. The van der Waals surface area contributed by atoms with Crippen LogP contribution >= 0.6 is 0 Å². The van der Waals surface area contributed by atoms with Crippen LogP contribution < -0.4 is 15.8 Å². The number of carbonyl (C=O) groups is 1. The van der Waals surface area contributed by atoms with Crippen LogP contribution in [0.15, 0.2) is 36.7 Å². The molecule has 1 atom stereocenters. The molecule has 24 heavy (non-hydrogen) atoms. The number of carbonyl (C=O) groups excluding carboxylic acids is 1. The van der Waals surface area contributed by atoms with Gasteiger partial charge in [0.05, 0.1) is 24.1 Å². The number of hydrogen-bond donors (Lipinski definition) is 2. The van der Waals surface area contributed by atoms with E-state index in [-0.39, 0.29) is 0 Å². The van der Waals surface area contributed by atoms with E-state index in [0.29, 0.717) is 24.0 Å². The van der Waals surface area contributed by atoms with Crippen molar-refractivity contribution in [3.63, 3.8) is 0 Å². The molecule has 130 valence electrons. The maximum absolute atomic E-state index is 11.3. The second-order valence-corrected chi connectivity index (χ2v) is 5.89. The number of para-hydroxylation sites is 1. The van der Waals surface area contributed by atoms with Crippen LogP contribution in [0, 0.1) is 0 Å². The fourth-order valence-corrected chi connectivity index (χ4v) is 2.51. The van der Waals surface area contributed by atoms with Gasteiger partial charge in [0.2, 0.25) is 0 Å². The summed E-state index contributed by atoms with van der Waals surface area (Å²) in [7, 11) is 0. The first-order valence-electron chi connectivity index (χ1n) is 8.40. The topological polar surface area (TPSA) is 82.2 Å². The number of anilines is 1. The van der Waals surface area contributed by atoms with Crippen molar-refractivity contribution < 1.29 is 9.53 Å². The Labute approximate surface area is 143 Å². The number of amides is 1. The largest absolute Gasteiger partial charge is 0.493 e. The zero-order valence-electron chi connectivity index (χ0n) is 14.4. The summed E-state index contributed by atoms with van der Waals surface area (Å²) < 4.78 is 7.63. The predicted molar refractivity (Wildman–Crippen MR) is 95.3 cm³/mol. The van der Waals surface area contributed by atoms with Crippen LogP contribution in [-0.2, 0) is 6.54 Å². The molecule has 6 heteroatoms. The third-order valence-electron chi connectivity index (χ3n) is 3.69. The van der Waals surface area contributed by atoms with E-state index in [1.807, 2.05) is 23.1 Å². The van der Waals surface area contributed by atoms with E-state index in [4.69, 9.17) is 10.5 Å². The van der Waals surface area contributed by atoms with Gasteiger partial charge in [-0.2, -0.15) is 5.10 Å². The maximum Gasteiger partial charge on any atom is 0.252 e. The average Bonchev–Trinajstić information content (AvgIpc) is 2.99. The van der Waals surface area contributed by atoms with Crippen LogP contribution in [0.5, 0.6) is 5.75 Å². The van der Waals surface area contributed by atoms with Crippen LogP contribution in [0.1, 0.15) is 43.5 Å². The minimum atomic E-state index is -0.468. The molecule has 1 aromatic heterocycles. The van der Waals surface area contributed by atoms with Crippen LogP contribution in [-0.4, -0.2) is 28.3 Å². The molecule has 1 heterocycles. The fourth-order valence-electron chi connectivity index (χ4n) is 2.51. The Balaban J connectivity index is 1.73. The summed E-state index contributed by atoms with van der Waals surface area (Å²) in [5.41, 5.74) is 6.80. The highest BCUT2D eigenvalue weighted by atomic mass is 16.5. The van der Waals surface area contributed by atoms with Gasteiger partial charge in [-0.05, 0) is 38.3 Å². The lowest BCUT2D eigenvalue weighted by atomic mass is 10.2. The number of rotatable bonds is 10. The molecular formula is C18H26N4O2. The second-order valence-electron chi connectivity index (χ2n) is 5.89. The molecule has 0 saturated carbocycles. The molecule has 1 unspecified atom stereocenters. The third kappa shape index (κ3) is 5.30. The highest BCUT2D eigenvalue weighted by molar-refractivity contribution is 5.95. The number of aromatic nitrogens is 2. The lowest BCUT2D eigenvalue weighted by Gasteiger charge is -2.14. The van der Waals surface area contributed by atoms with Gasteiger partial charge in [-0.1, -0.05) is 19.1 Å². The van der Waals surface area contributed by atoms with Gasteiger partial charge in [0, 0.05) is 18.8 Å². The fraction of sp³-hybridized carbons (Fsp3) is 0.444. The highest BCUT2D eigenvalue weighted by Crippen LogP contribution is 2.18. The molecule has 2 rings (SSSR count). The molecular weight excluding hydrogens is 304 g/mol. The van der Waals surface area contributed by atoms with Crippen LogP contribution in [0.25, 0.3) is 0 Å². The number of aryl methyl sites for hydroxylation is 1. The van der Waals surface area contributed by atoms with Gasteiger partial charge in [0.1, 0.15) is 5.75 Å². The lowest BCUT2D eigenvalue weighted by Crippen LogP contribution is -2.16. The molecule has 0 aliphatic carbocycles. The van der Waals surface area contributed by atoms with Crippen LogP contribution in [0.2, 0.25) is 0 Å². The van der Waals surface area contributed by atoms with Crippen molar-refractivity contribution in [3.05, 3.63) is 42.2 Å². The molecule has 0 spiro atoms. The molecule has 0 bridgehead atoms. The van der Waals surface area contributed by atoms with Crippen molar-refractivity contribution in [2.75, 3.05) is 11.9 Å². The van der Waals surface area contributed by atoms with Crippen molar-refractivity contribution in [2.24, 2.45) is 5.73 Å². The van der Waals surface area contributed by atoms with E-state index >= 15 is 0 Å². The summed E-state index contributed by atoms with van der Waals surface area (Å²) in [5, 5.41) is 7.74. The first kappa shape index (κ1) is 17.8. The van der Waals surface area contributed by atoms with Gasteiger partial charge in [0.15, 0.2) is 0 Å². The van der Waals surface area contributed by atoms with Crippen molar-refractivity contribution in [1.82, 2.24) is 9.78 Å². The number of nitrogens with one attached hydrogen (secondary N) is 1. The Morgan fingerprint density at radius 3 is 2.96 bits per heavy atom. The van der Waals surface area contributed by atoms with E-state index in [1.165, 1.54) is 0 Å². The average molecular weight is 330 g/mol. The van der Waals surface area contributed by atoms with Crippen molar-refractivity contribution in [2.45, 2.75) is 45.7 Å². The van der Waals surface area contributed by atoms with Gasteiger partial charge < -0.3 is 15.8 Å². The number of nitrogens with zero attached hydrogens (tertiary/aromatic N) is 2. The minimum Gasteiger partial charge on any atom is -0.493 e. The summed E-state index contributed by atoms with van der Waals surface area (Å²) in [5.74, 6) is 0.0798. The van der Waals surface area contributed by atoms with Gasteiger partial charge in [-0.3, -0.25) is 9.48 Å². The number of primary amides is 1. The van der Waals surface area contributed by atoms with E-state index < -0.39 is 5.91 Å².